The quantitative estimate of drug-likeness (QED) is 0.809. The predicted octanol–water partition coefficient (Wildman–Crippen LogP) is 4.63. The molecule has 3 rings (SSSR count). The standard InChI is InChI=1S/C20H26ClFN2O2/c21-17-13-16(6-7-18(17)22)23-19(25)8-5-14-9-11-24(12-10-14)20(26)15-3-1-2-4-15/h6-7,13-15H,1-5,8-12H2,(H,23,25). The molecule has 0 spiro atoms. The van der Waals surface area contributed by atoms with Crippen LogP contribution in [0.2, 0.25) is 5.02 Å². The second-order valence-electron chi connectivity index (χ2n) is 7.47. The number of carbonyl (C=O) groups is 2. The summed E-state index contributed by atoms with van der Waals surface area (Å²) in [6.45, 7) is 1.63. The summed E-state index contributed by atoms with van der Waals surface area (Å²) >= 11 is 5.72. The minimum atomic E-state index is -0.497. The van der Waals surface area contributed by atoms with E-state index in [0.29, 0.717) is 23.9 Å². The van der Waals surface area contributed by atoms with Crippen molar-refractivity contribution in [1.82, 2.24) is 4.90 Å². The number of likely N-dealkylation sites (tertiary alicyclic amines) is 1. The molecule has 1 N–H and O–H groups in total. The maximum Gasteiger partial charge on any atom is 0.225 e. The van der Waals surface area contributed by atoms with E-state index in [0.717, 1.165) is 45.2 Å². The Balaban J connectivity index is 1.38. The zero-order chi connectivity index (χ0) is 18.5. The van der Waals surface area contributed by atoms with Crippen LogP contribution in [-0.2, 0) is 9.59 Å². The molecule has 1 saturated heterocycles. The number of anilines is 1. The number of nitrogens with one attached hydrogen (secondary N) is 1. The molecule has 1 heterocycles. The molecular weight excluding hydrogens is 355 g/mol. The van der Waals surface area contributed by atoms with Crippen molar-refractivity contribution in [2.45, 2.75) is 51.4 Å². The smallest absolute Gasteiger partial charge is 0.225 e. The van der Waals surface area contributed by atoms with Gasteiger partial charge >= 0.3 is 0 Å². The van der Waals surface area contributed by atoms with Crippen LogP contribution in [0.25, 0.3) is 0 Å². The van der Waals surface area contributed by atoms with Crippen molar-refractivity contribution < 1.29 is 14.0 Å². The summed E-state index contributed by atoms with van der Waals surface area (Å²) < 4.78 is 13.1. The first kappa shape index (κ1) is 19.2. The van der Waals surface area contributed by atoms with Crippen molar-refractivity contribution in [3.63, 3.8) is 0 Å². The van der Waals surface area contributed by atoms with Crippen molar-refractivity contribution >= 4 is 29.1 Å². The third kappa shape index (κ3) is 4.97. The van der Waals surface area contributed by atoms with Gasteiger partial charge in [-0.2, -0.15) is 0 Å². The van der Waals surface area contributed by atoms with Gasteiger partial charge in [-0.1, -0.05) is 24.4 Å². The van der Waals surface area contributed by atoms with Crippen LogP contribution in [0.15, 0.2) is 18.2 Å². The summed E-state index contributed by atoms with van der Waals surface area (Å²) in [5, 5.41) is 2.76. The number of benzene rings is 1. The summed E-state index contributed by atoms with van der Waals surface area (Å²) in [5.41, 5.74) is 0.512. The number of amides is 2. The van der Waals surface area contributed by atoms with Gasteiger partial charge in [0.05, 0.1) is 5.02 Å². The van der Waals surface area contributed by atoms with Gasteiger partial charge in [-0.25, -0.2) is 4.39 Å². The molecule has 0 unspecified atom stereocenters. The summed E-state index contributed by atoms with van der Waals surface area (Å²) in [7, 11) is 0. The fourth-order valence-corrected chi connectivity index (χ4v) is 4.19. The summed E-state index contributed by atoms with van der Waals surface area (Å²) in [4.78, 5) is 26.6. The highest BCUT2D eigenvalue weighted by molar-refractivity contribution is 6.31. The number of hydrogen-bond donors (Lipinski definition) is 1. The Labute approximate surface area is 159 Å². The van der Waals surface area contributed by atoms with E-state index in [1.54, 1.807) is 0 Å². The van der Waals surface area contributed by atoms with E-state index in [9.17, 15) is 14.0 Å². The molecule has 0 radical (unpaired) electrons. The molecule has 142 valence electrons. The molecule has 1 aliphatic carbocycles. The zero-order valence-corrected chi connectivity index (χ0v) is 15.7. The molecule has 1 aliphatic heterocycles. The number of hydrogen-bond acceptors (Lipinski definition) is 2. The van der Waals surface area contributed by atoms with Crippen LogP contribution in [0.4, 0.5) is 10.1 Å². The van der Waals surface area contributed by atoms with Crippen LogP contribution in [0.5, 0.6) is 0 Å². The highest BCUT2D eigenvalue weighted by Gasteiger charge is 2.30. The normalized spacial score (nSPS) is 18.9. The average molecular weight is 381 g/mol. The lowest BCUT2D eigenvalue weighted by Crippen LogP contribution is -2.41. The minimum absolute atomic E-state index is 0.00195. The molecule has 1 aromatic rings. The highest BCUT2D eigenvalue weighted by Crippen LogP contribution is 2.29. The van der Waals surface area contributed by atoms with Crippen molar-refractivity contribution in [3.8, 4) is 0 Å². The molecule has 2 amide bonds. The Hall–Kier alpha value is -1.62. The monoisotopic (exact) mass is 380 g/mol. The fourth-order valence-electron chi connectivity index (χ4n) is 4.01. The van der Waals surface area contributed by atoms with Crippen LogP contribution < -0.4 is 5.32 Å². The van der Waals surface area contributed by atoms with Crippen LogP contribution in [-0.4, -0.2) is 29.8 Å². The van der Waals surface area contributed by atoms with E-state index in [-0.39, 0.29) is 16.8 Å². The Bertz CT molecular complexity index is 653. The molecule has 0 aromatic heterocycles. The molecule has 0 atom stereocenters. The van der Waals surface area contributed by atoms with Gasteiger partial charge in [-0.15, -0.1) is 0 Å². The first-order chi connectivity index (χ1) is 12.5. The number of nitrogens with zero attached hydrogens (tertiary/aromatic N) is 1. The molecule has 2 aliphatic rings. The molecule has 6 heteroatoms. The van der Waals surface area contributed by atoms with Crippen LogP contribution in [0, 0.1) is 17.7 Å². The van der Waals surface area contributed by atoms with E-state index in [2.05, 4.69) is 5.32 Å². The first-order valence-electron chi connectivity index (χ1n) is 9.56. The van der Waals surface area contributed by atoms with Crippen molar-refractivity contribution in [3.05, 3.63) is 29.0 Å². The second-order valence-corrected chi connectivity index (χ2v) is 7.87. The lowest BCUT2D eigenvalue weighted by atomic mass is 9.91. The molecule has 1 aromatic carbocycles. The largest absolute Gasteiger partial charge is 0.342 e. The van der Waals surface area contributed by atoms with Crippen molar-refractivity contribution in [2.24, 2.45) is 11.8 Å². The van der Waals surface area contributed by atoms with Gasteiger partial charge in [0.2, 0.25) is 11.8 Å². The highest BCUT2D eigenvalue weighted by atomic mass is 35.5. The lowest BCUT2D eigenvalue weighted by Gasteiger charge is -2.33. The third-order valence-electron chi connectivity index (χ3n) is 5.61. The fraction of sp³-hybridized carbons (Fsp3) is 0.600. The van der Waals surface area contributed by atoms with E-state index in [1.807, 2.05) is 4.90 Å². The van der Waals surface area contributed by atoms with Crippen LogP contribution in [0.1, 0.15) is 51.4 Å². The maximum absolute atomic E-state index is 13.1. The van der Waals surface area contributed by atoms with Crippen LogP contribution in [0.3, 0.4) is 0 Å². The van der Waals surface area contributed by atoms with Crippen LogP contribution >= 0.6 is 11.6 Å². The minimum Gasteiger partial charge on any atom is -0.342 e. The SMILES string of the molecule is O=C(CCC1CCN(C(=O)C2CCCC2)CC1)Nc1ccc(F)c(Cl)c1. The Kier molecular flexibility index (Phi) is 6.52. The van der Waals surface area contributed by atoms with Crippen molar-refractivity contribution in [2.75, 3.05) is 18.4 Å². The zero-order valence-electron chi connectivity index (χ0n) is 15.0. The Morgan fingerprint density at radius 2 is 1.85 bits per heavy atom. The van der Waals surface area contributed by atoms with E-state index < -0.39 is 5.82 Å². The average Bonchev–Trinajstić information content (AvgIpc) is 3.18. The van der Waals surface area contributed by atoms with E-state index in [4.69, 9.17) is 11.6 Å². The lowest BCUT2D eigenvalue weighted by molar-refractivity contribution is -0.136. The molecule has 4 nitrogen and oxygen atoms in total. The van der Waals surface area contributed by atoms with E-state index >= 15 is 0 Å². The summed E-state index contributed by atoms with van der Waals surface area (Å²) in [6.07, 6.45) is 7.63. The summed E-state index contributed by atoms with van der Waals surface area (Å²) in [5.74, 6) is 0.484. The molecule has 0 bridgehead atoms. The predicted molar refractivity (Wildman–Crippen MR) is 101 cm³/mol. The third-order valence-corrected chi connectivity index (χ3v) is 5.90. The van der Waals surface area contributed by atoms with Gasteiger partial charge in [0, 0.05) is 31.1 Å². The molecule has 1 saturated carbocycles. The van der Waals surface area contributed by atoms with Gasteiger partial charge in [0.15, 0.2) is 0 Å². The van der Waals surface area contributed by atoms with Gasteiger partial charge < -0.3 is 10.2 Å². The maximum atomic E-state index is 13.1. The number of carbonyl (C=O) groups excluding carboxylic acids is 2. The van der Waals surface area contributed by atoms with Crippen molar-refractivity contribution in [1.29, 1.82) is 0 Å². The second kappa shape index (κ2) is 8.85. The first-order valence-corrected chi connectivity index (χ1v) is 9.94. The molecular formula is C20H26ClFN2O2. The molecule has 26 heavy (non-hydrogen) atoms. The Morgan fingerprint density at radius 1 is 1.15 bits per heavy atom. The number of rotatable bonds is 5. The molecule has 2 fully saturated rings. The van der Waals surface area contributed by atoms with Gasteiger partial charge in [-0.05, 0) is 56.2 Å². The van der Waals surface area contributed by atoms with Gasteiger partial charge in [0.25, 0.3) is 0 Å². The number of halogens is 2. The van der Waals surface area contributed by atoms with E-state index in [1.165, 1.54) is 31.0 Å². The Morgan fingerprint density at radius 3 is 2.50 bits per heavy atom. The topological polar surface area (TPSA) is 49.4 Å². The van der Waals surface area contributed by atoms with Gasteiger partial charge in [0.1, 0.15) is 5.82 Å². The van der Waals surface area contributed by atoms with Gasteiger partial charge in [-0.3, -0.25) is 9.59 Å². The summed E-state index contributed by atoms with van der Waals surface area (Å²) in [6, 6.07) is 4.17. The number of piperidine rings is 1.